The molecule has 0 saturated carbocycles. The van der Waals surface area contributed by atoms with Crippen LogP contribution in [0, 0.1) is 6.92 Å². The molecule has 2 N–H and O–H groups in total. The number of benzene rings is 2. The molecule has 0 bridgehead atoms. The molecule has 2 heterocycles. The molecule has 164 valence electrons. The van der Waals surface area contributed by atoms with E-state index >= 15 is 0 Å². The fourth-order valence-electron chi connectivity index (χ4n) is 3.81. The van der Waals surface area contributed by atoms with Crippen molar-refractivity contribution >= 4 is 33.7 Å². The summed E-state index contributed by atoms with van der Waals surface area (Å²) in [7, 11) is 3.39. The Morgan fingerprint density at radius 3 is 2.66 bits per heavy atom. The lowest BCUT2D eigenvalue weighted by Gasteiger charge is -2.10. The molecule has 4 rings (SSSR count). The van der Waals surface area contributed by atoms with Crippen molar-refractivity contribution in [2.45, 2.75) is 19.8 Å². The Balaban J connectivity index is 1.42. The lowest BCUT2D eigenvalue weighted by atomic mass is 10.0. The summed E-state index contributed by atoms with van der Waals surface area (Å²) in [6, 6.07) is 12.8. The molecular formula is C24H23N3O5. The number of nitrogens with one attached hydrogen (secondary N) is 2. The zero-order valence-electron chi connectivity index (χ0n) is 18.0. The predicted octanol–water partition coefficient (Wildman–Crippen LogP) is 3.00. The van der Waals surface area contributed by atoms with Crippen molar-refractivity contribution < 1.29 is 18.7 Å². The van der Waals surface area contributed by atoms with E-state index in [0.717, 1.165) is 21.9 Å². The topological polar surface area (TPSA) is 103 Å². The molecule has 2 amide bonds. The Hall–Kier alpha value is -4.07. The van der Waals surface area contributed by atoms with Crippen molar-refractivity contribution in [2.24, 2.45) is 7.05 Å². The Kier molecular flexibility index (Phi) is 5.68. The van der Waals surface area contributed by atoms with Crippen LogP contribution in [0.1, 0.15) is 27.9 Å². The quantitative estimate of drug-likeness (QED) is 0.372. The molecule has 4 aromatic rings. The molecule has 0 aliphatic rings. The van der Waals surface area contributed by atoms with Crippen LogP contribution in [0.4, 0.5) is 0 Å². The standard InChI is InChI=1S/C24H23N3O5/c1-14-16-9-8-15(31-3)12-21(16)32-24(30)17(14)10-11-22(28)25-26-23(29)19-13-27(2)20-7-5-4-6-18(19)20/h4-9,12-13H,10-11H2,1-3H3,(H,25,28)(H,26,29). The number of hydrogen-bond donors (Lipinski definition) is 2. The first-order valence-corrected chi connectivity index (χ1v) is 10.1. The number of methoxy groups -OCH3 is 1. The van der Waals surface area contributed by atoms with Gasteiger partial charge >= 0.3 is 5.63 Å². The number of carbonyl (C=O) groups is 2. The molecule has 0 fully saturated rings. The second-order valence-electron chi connectivity index (χ2n) is 7.53. The monoisotopic (exact) mass is 433 g/mol. The van der Waals surface area contributed by atoms with E-state index < -0.39 is 17.4 Å². The van der Waals surface area contributed by atoms with Gasteiger partial charge in [-0.25, -0.2) is 4.79 Å². The fraction of sp³-hybridized carbons (Fsp3) is 0.208. The highest BCUT2D eigenvalue weighted by atomic mass is 16.5. The van der Waals surface area contributed by atoms with E-state index in [-0.39, 0.29) is 12.8 Å². The van der Waals surface area contributed by atoms with Gasteiger partial charge in [0.1, 0.15) is 11.3 Å². The third kappa shape index (κ3) is 3.94. The second kappa shape index (κ2) is 8.58. The number of rotatable bonds is 5. The smallest absolute Gasteiger partial charge is 0.339 e. The van der Waals surface area contributed by atoms with Crippen molar-refractivity contribution in [3.63, 3.8) is 0 Å². The minimum Gasteiger partial charge on any atom is -0.497 e. The van der Waals surface area contributed by atoms with Crippen LogP contribution in [0.25, 0.3) is 21.9 Å². The van der Waals surface area contributed by atoms with Crippen molar-refractivity contribution in [3.05, 3.63) is 75.8 Å². The molecular weight excluding hydrogens is 410 g/mol. The van der Waals surface area contributed by atoms with Gasteiger partial charge in [0.05, 0.1) is 12.7 Å². The number of amides is 2. The van der Waals surface area contributed by atoms with E-state index in [1.165, 1.54) is 7.11 Å². The van der Waals surface area contributed by atoms with Crippen LogP contribution in [0.2, 0.25) is 0 Å². The third-order valence-electron chi connectivity index (χ3n) is 5.55. The van der Waals surface area contributed by atoms with Crippen LogP contribution >= 0.6 is 0 Å². The molecule has 0 atom stereocenters. The highest BCUT2D eigenvalue weighted by Gasteiger charge is 2.16. The highest BCUT2D eigenvalue weighted by Crippen LogP contribution is 2.24. The van der Waals surface area contributed by atoms with Crippen molar-refractivity contribution in [2.75, 3.05) is 7.11 Å². The van der Waals surface area contributed by atoms with Gasteiger partial charge in [0, 0.05) is 47.6 Å². The minimum atomic E-state index is -0.490. The maximum absolute atomic E-state index is 12.5. The molecule has 0 saturated heterocycles. The number of hydrazine groups is 1. The van der Waals surface area contributed by atoms with Gasteiger partial charge in [0.15, 0.2) is 0 Å². The van der Waals surface area contributed by atoms with Gasteiger partial charge in [-0.2, -0.15) is 0 Å². The first kappa shape index (κ1) is 21.2. The van der Waals surface area contributed by atoms with E-state index in [9.17, 15) is 14.4 Å². The number of carbonyl (C=O) groups excluding carboxylic acids is 2. The van der Waals surface area contributed by atoms with E-state index in [0.29, 0.717) is 22.5 Å². The van der Waals surface area contributed by atoms with Crippen LogP contribution < -0.4 is 21.2 Å². The van der Waals surface area contributed by atoms with Crippen LogP contribution in [-0.2, 0) is 18.3 Å². The molecule has 0 aliphatic carbocycles. The second-order valence-corrected chi connectivity index (χ2v) is 7.53. The van der Waals surface area contributed by atoms with E-state index in [1.807, 2.05) is 48.9 Å². The number of aromatic nitrogens is 1. The van der Waals surface area contributed by atoms with Crippen molar-refractivity contribution in [1.82, 2.24) is 15.4 Å². The molecule has 0 aliphatic heterocycles. The molecule has 2 aromatic heterocycles. The Labute approximate surface area is 183 Å². The molecule has 32 heavy (non-hydrogen) atoms. The van der Waals surface area contributed by atoms with E-state index in [4.69, 9.17) is 9.15 Å². The van der Waals surface area contributed by atoms with Crippen molar-refractivity contribution in [3.8, 4) is 5.75 Å². The van der Waals surface area contributed by atoms with Gasteiger partial charge < -0.3 is 13.7 Å². The first-order valence-electron chi connectivity index (χ1n) is 10.1. The Morgan fingerprint density at radius 2 is 1.88 bits per heavy atom. The highest BCUT2D eigenvalue weighted by molar-refractivity contribution is 6.07. The molecule has 8 nitrogen and oxygen atoms in total. The maximum atomic E-state index is 12.5. The summed E-state index contributed by atoms with van der Waals surface area (Å²) in [6.45, 7) is 1.82. The molecule has 8 heteroatoms. The summed E-state index contributed by atoms with van der Waals surface area (Å²) in [5, 5.41) is 1.58. The lowest BCUT2D eigenvalue weighted by molar-refractivity contribution is -0.121. The molecule has 0 unspecified atom stereocenters. The van der Waals surface area contributed by atoms with Crippen molar-refractivity contribution in [1.29, 1.82) is 0 Å². The van der Waals surface area contributed by atoms with Gasteiger partial charge in [-0.3, -0.25) is 20.4 Å². The summed E-state index contributed by atoms with van der Waals surface area (Å²) < 4.78 is 12.4. The SMILES string of the molecule is COc1ccc2c(C)c(CCC(=O)NNC(=O)c3cn(C)c4ccccc34)c(=O)oc2c1. The fourth-order valence-corrected chi connectivity index (χ4v) is 3.81. The number of aryl methyl sites for hydroxylation is 2. The third-order valence-corrected chi connectivity index (χ3v) is 5.55. The summed E-state index contributed by atoms with van der Waals surface area (Å²) in [5.41, 5.74) is 7.37. The van der Waals surface area contributed by atoms with Crippen LogP contribution in [0.3, 0.4) is 0 Å². The number of hydrogen-bond acceptors (Lipinski definition) is 5. The molecule has 2 aromatic carbocycles. The average Bonchev–Trinajstić information content (AvgIpc) is 3.13. The van der Waals surface area contributed by atoms with Gasteiger partial charge in [-0.05, 0) is 37.1 Å². The van der Waals surface area contributed by atoms with Gasteiger partial charge in [-0.1, -0.05) is 18.2 Å². The van der Waals surface area contributed by atoms with Crippen LogP contribution in [0.15, 0.2) is 57.9 Å². The number of ether oxygens (including phenoxy) is 1. The van der Waals surface area contributed by atoms with Crippen LogP contribution in [-0.4, -0.2) is 23.5 Å². The van der Waals surface area contributed by atoms with Gasteiger partial charge in [-0.15, -0.1) is 0 Å². The van der Waals surface area contributed by atoms with Crippen LogP contribution in [0.5, 0.6) is 5.75 Å². The molecule has 0 spiro atoms. The Bertz CT molecular complexity index is 1400. The van der Waals surface area contributed by atoms with E-state index in [2.05, 4.69) is 10.9 Å². The predicted molar refractivity (Wildman–Crippen MR) is 121 cm³/mol. The average molecular weight is 433 g/mol. The summed E-state index contributed by atoms with van der Waals surface area (Å²) in [6.07, 6.45) is 1.92. The lowest BCUT2D eigenvalue weighted by Crippen LogP contribution is -2.41. The largest absolute Gasteiger partial charge is 0.497 e. The summed E-state index contributed by atoms with van der Waals surface area (Å²) in [5.74, 6) is -0.230. The molecule has 0 radical (unpaired) electrons. The minimum absolute atomic E-state index is 0.0169. The zero-order valence-corrected chi connectivity index (χ0v) is 18.0. The normalized spacial score (nSPS) is 11.0. The summed E-state index contributed by atoms with van der Waals surface area (Å²) >= 11 is 0. The first-order chi connectivity index (χ1) is 15.4. The number of nitrogens with zero attached hydrogens (tertiary/aromatic N) is 1. The number of fused-ring (bicyclic) bond motifs is 2. The summed E-state index contributed by atoms with van der Waals surface area (Å²) in [4.78, 5) is 37.3. The Morgan fingerprint density at radius 1 is 1.09 bits per heavy atom. The van der Waals surface area contributed by atoms with Gasteiger partial charge in [0.25, 0.3) is 5.91 Å². The van der Waals surface area contributed by atoms with E-state index in [1.54, 1.807) is 18.3 Å². The number of para-hydroxylation sites is 1. The van der Waals surface area contributed by atoms with Gasteiger partial charge in [0.2, 0.25) is 5.91 Å². The maximum Gasteiger partial charge on any atom is 0.339 e. The zero-order chi connectivity index (χ0) is 22.8.